The molecule has 0 radical (unpaired) electrons. The minimum atomic E-state index is -0.898. The number of carbonyl (C=O) groups is 1. The van der Waals surface area contributed by atoms with Crippen LogP contribution in [-0.4, -0.2) is 31.3 Å². The normalized spacial score (nSPS) is 15.1. The number of carboxylic acids is 1. The van der Waals surface area contributed by atoms with Gasteiger partial charge in [-0.25, -0.2) is 4.79 Å². The van der Waals surface area contributed by atoms with Gasteiger partial charge in [-0.15, -0.1) is 0 Å². The maximum absolute atomic E-state index is 11.3. The number of carboxylic acid groups (broad SMARTS) is 1. The van der Waals surface area contributed by atoms with Crippen LogP contribution in [0.1, 0.15) is 28.8 Å². The van der Waals surface area contributed by atoms with Crippen molar-refractivity contribution in [3.05, 3.63) is 23.3 Å². The lowest BCUT2D eigenvalue weighted by molar-refractivity contribution is 0.0697. The fourth-order valence-corrected chi connectivity index (χ4v) is 2.28. The molecule has 92 valence electrons. The van der Waals surface area contributed by atoms with E-state index in [0.717, 1.165) is 37.2 Å². The molecule has 1 aliphatic rings. The summed E-state index contributed by atoms with van der Waals surface area (Å²) in [6.07, 6.45) is 2.26. The smallest absolute Gasteiger partial charge is 0.337 e. The van der Waals surface area contributed by atoms with Crippen molar-refractivity contribution < 1.29 is 14.6 Å². The highest BCUT2D eigenvalue weighted by molar-refractivity contribution is 5.95. The molecule has 17 heavy (non-hydrogen) atoms. The van der Waals surface area contributed by atoms with E-state index in [4.69, 9.17) is 4.74 Å². The van der Waals surface area contributed by atoms with E-state index in [1.54, 1.807) is 13.2 Å². The molecule has 0 atom stereocenters. The van der Waals surface area contributed by atoms with Gasteiger partial charge in [0.1, 0.15) is 5.75 Å². The molecular formula is C13H17NO3. The second kappa shape index (κ2) is 4.65. The lowest BCUT2D eigenvalue weighted by Gasteiger charge is -2.21. The van der Waals surface area contributed by atoms with E-state index in [-0.39, 0.29) is 0 Å². The summed E-state index contributed by atoms with van der Waals surface area (Å²) >= 11 is 0. The molecule has 2 rings (SSSR count). The van der Waals surface area contributed by atoms with Crippen LogP contribution >= 0.6 is 0 Å². The largest absolute Gasteiger partial charge is 0.496 e. The Bertz CT molecular complexity index is 437. The average molecular weight is 235 g/mol. The van der Waals surface area contributed by atoms with E-state index in [0.29, 0.717) is 11.3 Å². The lowest BCUT2D eigenvalue weighted by atomic mass is 10.1. The van der Waals surface area contributed by atoms with Gasteiger partial charge in [-0.3, -0.25) is 0 Å². The Morgan fingerprint density at radius 1 is 1.35 bits per heavy atom. The Kier molecular flexibility index (Phi) is 3.22. The van der Waals surface area contributed by atoms with Crippen molar-refractivity contribution in [1.29, 1.82) is 0 Å². The lowest BCUT2D eigenvalue weighted by Crippen LogP contribution is -2.21. The topological polar surface area (TPSA) is 49.8 Å². The van der Waals surface area contributed by atoms with Gasteiger partial charge >= 0.3 is 5.97 Å². The summed E-state index contributed by atoms with van der Waals surface area (Å²) < 4.78 is 5.17. The number of anilines is 1. The molecule has 0 amide bonds. The average Bonchev–Trinajstić information content (AvgIpc) is 2.81. The van der Waals surface area contributed by atoms with Gasteiger partial charge in [0, 0.05) is 13.1 Å². The molecule has 0 spiro atoms. The van der Waals surface area contributed by atoms with Crippen LogP contribution in [0, 0.1) is 6.92 Å². The Hall–Kier alpha value is -1.71. The molecule has 4 heteroatoms. The van der Waals surface area contributed by atoms with Gasteiger partial charge in [-0.2, -0.15) is 0 Å². The number of ether oxygens (including phenoxy) is 1. The molecule has 0 saturated carbocycles. The van der Waals surface area contributed by atoms with Gasteiger partial charge in [0.2, 0.25) is 0 Å². The van der Waals surface area contributed by atoms with Crippen LogP contribution in [0.2, 0.25) is 0 Å². The number of rotatable bonds is 3. The third-order valence-electron chi connectivity index (χ3n) is 3.19. The van der Waals surface area contributed by atoms with Gasteiger partial charge in [0.25, 0.3) is 0 Å². The van der Waals surface area contributed by atoms with Gasteiger partial charge in [-0.05, 0) is 37.5 Å². The second-order valence-electron chi connectivity index (χ2n) is 4.34. The molecule has 1 fully saturated rings. The van der Waals surface area contributed by atoms with Crippen molar-refractivity contribution in [2.24, 2.45) is 0 Å². The van der Waals surface area contributed by atoms with E-state index in [9.17, 15) is 9.90 Å². The molecule has 1 N–H and O–H groups in total. The molecule has 1 aliphatic heterocycles. The Morgan fingerprint density at radius 2 is 2.00 bits per heavy atom. The van der Waals surface area contributed by atoms with Crippen LogP contribution in [0.3, 0.4) is 0 Å². The molecule has 0 aromatic heterocycles. The highest BCUT2D eigenvalue weighted by atomic mass is 16.5. The molecule has 0 aliphatic carbocycles. The SMILES string of the molecule is COc1cc(C(=O)O)c(N2CCCC2)cc1C. The number of nitrogens with zero attached hydrogens (tertiary/aromatic N) is 1. The molecule has 1 aromatic rings. The summed E-state index contributed by atoms with van der Waals surface area (Å²) in [7, 11) is 1.56. The monoisotopic (exact) mass is 235 g/mol. The van der Waals surface area contributed by atoms with Crippen LogP contribution < -0.4 is 9.64 Å². The summed E-state index contributed by atoms with van der Waals surface area (Å²) in [6, 6.07) is 3.53. The minimum absolute atomic E-state index is 0.328. The van der Waals surface area contributed by atoms with Gasteiger partial charge in [0.05, 0.1) is 18.4 Å². The molecule has 0 bridgehead atoms. The maximum atomic E-state index is 11.3. The Morgan fingerprint density at radius 3 is 2.53 bits per heavy atom. The number of aromatic carboxylic acids is 1. The van der Waals surface area contributed by atoms with Crippen molar-refractivity contribution in [3.63, 3.8) is 0 Å². The Balaban J connectivity index is 2.48. The first-order valence-electron chi connectivity index (χ1n) is 5.80. The van der Waals surface area contributed by atoms with E-state index < -0.39 is 5.97 Å². The molecule has 4 nitrogen and oxygen atoms in total. The number of hydrogen-bond acceptors (Lipinski definition) is 3. The molecular weight excluding hydrogens is 218 g/mol. The number of hydrogen-bond donors (Lipinski definition) is 1. The van der Waals surface area contributed by atoms with E-state index in [1.807, 2.05) is 13.0 Å². The zero-order chi connectivity index (χ0) is 12.4. The third-order valence-corrected chi connectivity index (χ3v) is 3.19. The van der Waals surface area contributed by atoms with Crippen LogP contribution in [0.5, 0.6) is 5.75 Å². The summed E-state index contributed by atoms with van der Waals surface area (Å²) in [6.45, 7) is 3.81. The van der Waals surface area contributed by atoms with E-state index in [2.05, 4.69) is 4.90 Å². The molecule has 1 heterocycles. The Labute approximate surface area is 101 Å². The highest BCUT2D eigenvalue weighted by Crippen LogP contribution is 2.31. The quantitative estimate of drug-likeness (QED) is 0.873. The third kappa shape index (κ3) is 2.20. The second-order valence-corrected chi connectivity index (χ2v) is 4.34. The first kappa shape index (κ1) is 11.8. The fourth-order valence-electron chi connectivity index (χ4n) is 2.28. The fraction of sp³-hybridized carbons (Fsp3) is 0.462. The van der Waals surface area contributed by atoms with Crippen molar-refractivity contribution >= 4 is 11.7 Å². The van der Waals surface area contributed by atoms with Crippen molar-refractivity contribution in [1.82, 2.24) is 0 Å². The van der Waals surface area contributed by atoms with Crippen LogP contribution in [0.15, 0.2) is 12.1 Å². The summed E-state index contributed by atoms with van der Waals surface area (Å²) in [5.74, 6) is -0.268. The van der Waals surface area contributed by atoms with E-state index >= 15 is 0 Å². The zero-order valence-corrected chi connectivity index (χ0v) is 10.2. The predicted octanol–water partition coefficient (Wildman–Crippen LogP) is 2.30. The standard InChI is InChI=1S/C13H17NO3/c1-9-7-11(14-5-3-4-6-14)10(13(15)16)8-12(9)17-2/h7-8H,3-6H2,1-2H3,(H,15,16). The van der Waals surface area contributed by atoms with Crippen molar-refractivity contribution in [2.75, 3.05) is 25.1 Å². The molecule has 1 aromatic carbocycles. The number of benzene rings is 1. The molecule has 0 unspecified atom stereocenters. The van der Waals surface area contributed by atoms with Crippen LogP contribution in [0.4, 0.5) is 5.69 Å². The molecule has 1 saturated heterocycles. The predicted molar refractivity (Wildman–Crippen MR) is 66.1 cm³/mol. The zero-order valence-electron chi connectivity index (χ0n) is 10.2. The summed E-state index contributed by atoms with van der Waals surface area (Å²) in [5.41, 5.74) is 2.11. The van der Waals surface area contributed by atoms with Crippen LogP contribution in [0.25, 0.3) is 0 Å². The van der Waals surface area contributed by atoms with Crippen molar-refractivity contribution in [3.8, 4) is 5.75 Å². The first-order chi connectivity index (χ1) is 8.13. The van der Waals surface area contributed by atoms with Gasteiger partial charge < -0.3 is 14.7 Å². The van der Waals surface area contributed by atoms with Crippen molar-refractivity contribution in [2.45, 2.75) is 19.8 Å². The van der Waals surface area contributed by atoms with Gasteiger partial charge in [-0.1, -0.05) is 0 Å². The summed E-state index contributed by atoms with van der Waals surface area (Å²) in [5, 5.41) is 9.25. The number of aryl methyl sites for hydroxylation is 1. The summed E-state index contributed by atoms with van der Waals surface area (Å²) in [4.78, 5) is 13.4. The van der Waals surface area contributed by atoms with Crippen LogP contribution in [-0.2, 0) is 0 Å². The first-order valence-corrected chi connectivity index (χ1v) is 5.80. The van der Waals surface area contributed by atoms with Gasteiger partial charge in [0.15, 0.2) is 0 Å². The minimum Gasteiger partial charge on any atom is -0.496 e. The highest BCUT2D eigenvalue weighted by Gasteiger charge is 2.21. The number of methoxy groups -OCH3 is 1. The van der Waals surface area contributed by atoms with E-state index in [1.165, 1.54) is 0 Å². The maximum Gasteiger partial charge on any atom is 0.337 e.